The highest BCUT2D eigenvalue weighted by atomic mass is 127. The minimum Gasteiger partial charge on any atom is -0.481 e. The summed E-state index contributed by atoms with van der Waals surface area (Å²) >= 11 is 14.0. The number of hydrogen-bond acceptors (Lipinski definition) is 3. The predicted octanol–water partition coefficient (Wildman–Crippen LogP) is 2.91. The molecule has 1 aromatic rings. The Morgan fingerprint density at radius 3 is 2.81 bits per heavy atom. The predicted molar refractivity (Wildman–Crippen MR) is 87.1 cm³/mol. The normalized spacial score (nSPS) is 18.6. The van der Waals surface area contributed by atoms with Gasteiger partial charge in [-0.25, -0.2) is 0 Å². The Balaban J connectivity index is 2.18. The van der Waals surface area contributed by atoms with Gasteiger partial charge in [-0.15, -0.1) is 0 Å². The van der Waals surface area contributed by atoms with Crippen molar-refractivity contribution in [3.8, 4) is 0 Å². The summed E-state index contributed by atoms with van der Waals surface area (Å²) < 4.78 is 5.98. The number of amides is 1. The van der Waals surface area contributed by atoms with Crippen molar-refractivity contribution in [3.05, 3.63) is 31.3 Å². The lowest BCUT2D eigenvalue weighted by Crippen LogP contribution is -2.46. The van der Waals surface area contributed by atoms with E-state index in [-0.39, 0.29) is 18.9 Å². The minimum atomic E-state index is -0.949. The Morgan fingerprint density at radius 1 is 1.43 bits per heavy atom. The molecule has 1 unspecified atom stereocenters. The molecule has 114 valence electrons. The zero-order chi connectivity index (χ0) is 15.6. The van der Waals surface area contributed by atoms with Gasteiger partial charge in [-0.2, -0.15) is 0 Å². The van der Waals surface area contributed by atoms with Gasteiger partial charge < -0.3 is 14.7 Å². The number of hydrogen-bond donors (Lipinski definition) is 1. The van der Waals surface area contributed by atoms with Gasteiger partial charge in [-0.1, -0.05) is 23.2 Å². The highest BCUT2D eigenvalue weighted by Gasteiger charge is 2.28. The molecule has 1 saturated heterocycles. The second kappa shape index (κ2) is 7.13. The van der Waals surface area contributed by atoms with Crippen molar-refractivity contribution < 1.29 is 19.4 Å². The van der Waals surface area contributed by atoms with Crippen molar-refractivity contribution in [3.63, 3.8) is 0 Å². The second-order valence-corrected chi connectivity index (χ2v) is 6.51. The number of carboxylic acids is 1. The summed E-state index contributed by atoms with van der Waals surface area (Å²) in [6, 6.07) is 3.15. The molecule has 0 spiro atoms. The molecule has 1 aliphatic rings. The van der Waals surface area contributed by atoms with E-state index in [2.05, 4.69) is 0 Å². The molecule has 1 amide bonds. The van der Waals surface area contributed by atoms with Crippen molar-refractivity contribution in [2.45, 2.75) is 12.5 Å². The van der Waals surface area contributed by atoms with E-state index >= 15 is 0 Å². The summed E-state index contributed by atoms with van der Waals surface area (Å²) in [6.07, 6.45) is -0.621. The number of carbonyl (C=O) groups excluding carboxylic acids is 1. The lowest BCUT2D eigenvalue weighted by Gasteiger charge is -2.32. The van der Waals surface area contributed by atoms with E-state index in [1.54, 1.807) is 17.0 Å². The lowest BCUT2D eigenvalue weighted by atomic mass is 10.1. The SMILES string of the molecule is O=C(O)CC1CN(C(=O)c2cc(Cl)cc(Cl)c2I)CCO1. The first-order valence-corrected chi connectivity index (χ1v) is 7.99. The number of ether oxygens (including phenoxy) is 1. The minimum absolute atomic E-state index is 0.128. The smallest absolute Gasteiger partial charge is 0.306 e. The maximum atomic E-state index is 12.6. The van der Waals surface area contributed by atoms with E-state index in [0.717, 1.165) is 0 Å². The first kappa shape index (κ1) is 16.8. The highest BCUT2D eigenvalue weighted by Crippen LogP contribution is 2.28. The summed E-state index contributed by atoms with van der Waals surface area (Å²) in [5, 5.41) is 9.61. The van der Waals surface area contributed by atoms with E-state index in [0.29, 0.717) is 32.3 Å². The summed E-state index contributed by atoms with van der Waals surface area (Å²) in [6.45, 7) is 0.967. The zero-order valence-electron chi connectivity index (χ0n) is 10.8. The molecule has 1 aliphatic heterocycles. The van der Waals surface area contributed by atoms with Gasteiger partial charge in [0, 0.05) is 21.7 Å². The van der Waals surface area contributed by atoms with Crippen LogP contribution in [0.4, 0.5) is 0 Å². The third kappa shape index (κ3) is 4.21. The molecule has 5 nitrogen and oxygen atoms in total. The van der Waals surface area contributed by atoms with Crippen molar-refractivity contribution in [2.75, 3.05) is 19.7 Å². The fraction of sp³-hybridized carbons (Fsp3) is 0.385. The Morgan fingerprint density at radius 2 is 2.14 bits per heavy atom. The molecule has 2 rings (SSSR count). The number of aliphatic carboxylic acids is 1. The lowest BCUT2D eigenvalue weighted by molar-refractivity contribution is -0.141. The van der Waals surface area contributed by atoms with Gasteiger partial charge in [-0.3, -0.25) is 9.59 Å². The fourth-order valence-corrected chi connectivity index (χ4v) is 3.14. The third-order valence-corrected chi connectivity index (χ3v) is 5.05. The highest BCUT2D eigenvalue weighted by molar-refractivity contribution is 14.1. The summed E-state index contributed by atoms with van der Waals surface area (Å²) in [4.78, 5) is 24.9. The van der Waals surface area contributed by atoms with Crippen LogP contribution in [0.1, 0.15) is 16.8 Å². The third-order valence-electron chi connectivity index (χ3n) is 3.05. The van der Waals surface area contributed by atoms with Crippen LogP contribution in [0.3, 0.4) is 0 Å². The standard InChI is InChI=1S/C13H12Cl2INO4/c14-7-3-9(12(16)10(15)4-7)13(20)17-1-2-21-8(6-17)5-11(18)19/h3-4,8H,1-2,5-6H2,(H,18,19). The van der Waals surface area contributed by atoms with E-state index in [1.807, 2.05) is 22.6 Å². The Labute approximate surface area is 145 Å². The topological polar surface area (TPSA) is 66.8 Å². The molecule has 0 saturated carbocycles. The van der Waals surface area contributed by atoms with Crippen LogP contribution in [0.25, 0.3) is 0 Å². The molecule has 21 heavy (non-hydrogen) atoms. The average Bonchev–Trinajstić information content (AvgIpc) is 2.41. The van der Waals surface area contributed by atoms with E-state index < -0.39 is 12.1 Å². The number of benzene rings is 1. The molecular weight excluding hydrogens is 432 g/mol. The number of rotatable bonds is 3. The zero-order valence-corrected chi connectivity index (χ0v) is 14.5. The Hall–Kier alpha value is -0.570. The molecule has 1 atom stereocenters. The first-order valence-electron chi connectivity index (χ1n) is 6.15. The summed E-state index contributed by atoms with van der Waals surface area (Å²) in [5.41, 5.74) is 0.420. The number of morpholine rings is 1. The largest absolute Gasteiger partial charge is 0.481 e. The molecule has 1 aromatic carbocycles. The maximum Gasteiger partial charge on any atom is 0.306 e. The molecule has 0 radical (unpaired) electrons. The van der Waals surface area contributed by atoms with Gasteiger partial charge in [-0.05, 0) is 34.7 Å². The molecule has 1 heterocycles. The molecule has 0 aromatic heterocycles. The van der Waals surface area contributed by atoms with Gasteiger partial charge in [0.2, 0.25) is 0 Å². The molecule has 1 fully saturated rings. The van der Waals surface area contributed by atoms with Gasteiger partial charge >= 0.3 is 5.97 Å². The average molecular weight is 444 g/mol. The van der Waals surface area contributed by atoms with Crippen LogP contribution in [0, 0.1) is 3.57 Å². The van der Waals surface area contributed by atoms with Crippen LogP contribution in [-0.4, -0.2) is 47.7 Å². The van der Waals surface area contributed by atoms with Gasteiger partial charge in [0.25, 0.3) is 5.91 Å². The van der Waals surface area contributed by atoms with Crippen molar-refractivity contribution in [2.24, 2.45) is 0 Å². The number of nitrogens with zero attached hydrogens (tertiary/aromatic N) is 1. The van der Waals surface area contributed by atoms with E-state index in [1.165, 1.54) is 0 Å². The van der Waals surface area contributed by atoms with Gasteiger partial charge in [0.05, 0.1) is 29.7 Å². The van der Waals surface area contributed by atoms with Crippen LogP contribution in [0.2, 0.25) is 10.0 Å². The van der Waals surface area contributed by atoms with Crippen molar-refractivity contribution in [1.82, 2.24) is 4.90 Å². The Kier molecular flexibility index (Phi) is 5.70. The van der Waals surface area contributed by atoms with Crippen molar-refractivity contribution >= 4 is 57.7 Å². The number of carboxylic acid groups (broad SMARTS) is 1. The van der Waals surface area contributed by atoms with Crippen LogP contribution in [0.15, 0.2) is 12.1 Å². The molecule has 8 heteroatoms. The molecule has 0 bridgehead atoms. The molecular formula is C13H12Cl2INO4. The summed E-state index contributed by atoms with van der Waals surface area (Å²) in [5.74, 6) is -1.17. The van der Waals surface area contributed by atoms with Crippen LogP contribution >= 0.6 is 45.8 Å². The van der Waals surface area contributed by atoms with Crippen LogP contribution < -0.4 is 0 Å². The quantitative estimate of drug-likeness (QED) is 0.576. The summed E-state index contributed by atoms with van der Waals surface area (Å²) in [7, 11) is 0. The first-order chi connectivity index (χ1) is 9.88. The molecule has 1 N–H and O–H groups in total. The van der Waals surface area contributed by atoms with Gasteiger partial charge in [0.15, 0.2) is 0 Å². The Bertz CT molecular complexity index is 582. The van der Waals surface area contributed by atoms with Crippen LogP contribution in [-0.2, 0) is 9.53 Å². The van der Waals surface area contributed by atoms with Gasteiger partial charge in [0.1, 0.15) is 0 Å². The second-order valence-electron chi connectivity index (χ2n) is 4.59. The number of carbonyl (C=O) groups is 2. The van der Waals surface area contributed by atoms with E-state index in [4.69, 9.17) is 33.0 Å². The van der Waals surface area contributed by atoms with Crippen molar-refractivity contribution in [1.29, 1.82) is 0 Å². The monoisotopic (exact) mass is 443 g/mol. The fourth-order valence-electron chi connectivity index (χ4n) is 2.10. The maximum absolute atomic E-state index is 12.6. The van der Waals surface area contributed by atoms with Crippen LogP contribution in [0.5, 0.6) is 0 Å². The molecule has 0 aliphatic carbocycles. The van der Waals surface area contributed by atoms with E-state index in [9.17, 15) is 9.59 Å². The number of halogens is 3.